The first-order chi connectivity index (χ1) is 13.2. The molecular weight excluding hydrogens is 396 g/mol. The molecule has 0 aliphatic carbocycles. The summed E-state index contributed by atoms with van der Waals surface area (Å²) in [7, 11) is 1.49. The number of carbonyl (C=O) groups is 2. The highest BCUT2D eigenvalue weighted by atomic mass is 35.5. The van der Waals surface area contributed by atoms with E-state index in [0.717, 1.165) is 12.1 Å². The van der Waals surface area contributed by atoms with Crippen molar-refractivity contribution in [2.75, 3.05) is 24.3 Å². The van der Waals surface area contributed by atoms with Crippen LogP contribution in [0.15, 0.2) is 36.4 Å². The molecule has 12 heteroatoms. The number of nitrogens with one attached hydrogen (secondary N) is 2. The van der Waals surface area contributed by atoms with Gasteiger partial charge < -0.3 is 15.4 Å². The first kappa shape index (κ1) is 20.6. The number of carbonyl (C=O) groups excluding carboxylic acids is 2. The summed E-state index contributed by atoms with van der Waals surface area (Å²) in [4.78, 5) is 44.6. The van der Waals surface area contributed by atoms with Crippen LogP contribution in [-0.2, 0) is 9.53 Å². The molecule has 0 bridgehead atoms. The minimum atomic E-state index is -0.966. The van der Waals surface area contributed by atoms with Crippen molar-refractivity contribution in [3.8, 4) is 0 Å². The van der Waals surface area contributed by atoms with E-state index in [2.05, 4.69) is 10.6 Å². The maximum absolute atomic E-state index is 12.0. The molecule has 2 aromatic rings. The highest BCUT2D eigenvalue weighted by molar-refractivity contribution is 6.31. The fourth-order valence-electron chi connectivity index (χ4n) is 2.18. The fraction of sp³-hybridized carbons (Fsp3) is 0.125. The van der Waals surface area contributed by atoms with Gasteiger partial charge in [-0.05, 0) is 24.3 Å². The van der Waals surface area contributed by atoms with Crippen LogP contribution in [0, 0.1) is 20.2 Å². The Bertz CT molecular complexity index is 964. The molecule has 0 heterocycles. The lowest BCUT2D eigenvalue weighted by molar-refractivity contribution is -0.384. The van der Waals surface area contributed by atoms with E-state index in [1.807, 2.05) is 0 Å². The second kappa shape index (κ2) is 8.77. The minimum absolute atomic E-state index is 0.114. The van der Waals surface area contributed by atoms with E-state index in [4.69, 9.17) is 16.3 Å². The lowest BCUT2D eigenvalue weighted by Gasteiger charge is -2.08. The zero-order valence-corrected chi connectivity index (χ0v) is 15.1. The van der Waals surface area contributed by atoms with Gasteiger partial charge in [0.15, 0.2) is 6.61 Å². The Morgan fingerprint density at radius 2 is 1.64 bits per heavy atom. The highest BCUT2D eigenvalue weighted by Crippen LogP contribution is 2.28. The van der Waals surface area contributed by atoms with E-state index in [1.165, 1.54) is 31.3 Å². The molecular formula is C16H13ClN4O7. The molecule has 0 spiro atoms. The van der Waals surface area contributed by atoms with Crippen LogP contribution < -0.4 is 10.6 Å². The second-order valence-electron chi connectivity index (χ2n) is 5.28. The van der Waals surface area contributed by atoms with E-state index >= 15 is 0 Å². The molecule has 28 heavy (non-hydrogen) atoms. The molecule has 146 valence electrons. The van der Waals surface area contributed by atoms with Gasteiger partial charge in [-0.2, -0.15) is 0 Å². The second-order valence-corrected chi connectivity index (χ2v) is 5.72. The quantitative estimate of drug-likeness (QED) is 0.402. The van der Waals surface area contributed by atoms with E-state index in [9.17, 15) is 29.8 Å². The topological polar surface area (TPSA) is 154 Å². The predicted octanol–water partition coefficient (Wildman–Crippen LogP) is 2.99. The van der Waals surface area contributed by atoms with Gasteiger partial charge in [0.25, 0.3) is 17.3 Å². The summed E-state index contributed by atoms with van der Waals surface area (Å²) in [6.45, 7) is -0.750. The zero-order valence-electron chi connectivity index (χ0n) is 14.3. The average Bonchev–Trinajstić information content (AvgIpc) is 2.66. The van der Waals surface area contributed by atoms with Gasteiger partial charge in [0, 0.05) is 24.2 Å². The van der Waals surface area contributed by atoms with Gasteiger partial charge in [0.05, 0.1) is 15.4 Å². The molecule has 1 amide bonds. The van der Waals surface area contributed by atoms with Crippen LogP contribution in [0.25, 0.3) is 0 Å². The molecule has 0 aliphatic rings. The van der Waals surface area contributed by atoms with Crippen molar-refractivity contribution >= 4 is 46.2 Å². The van der Waals surface area contributed by atoms with Crippen LogP contribution in [0.3, 0.4) is 0 Å². The minimum Gasteiger partial charge on any atom is -0.452 e. The van der Waals surface area contributed by atoms with Gasteiger partial charge in [-0.15, -0.1) is 0 Å². The zero-order chi connectivity index (χ0) is 20.8. The molecule has 2 N–H and O–H groups in total. The van der Waals surface area contributed by atoms with Crippen LogP contribution in [0.2, 0.25) is 5.02 Å². The van der Waals surface area contributed by atoms with Crippen molar-refractivity contribution < 1.29 is 24.2 Å². The van der Waals surface area contributed by atoms with Crippen molar-refractivity contribution in [2.24, 2.45) is 0 Å². The van der Waals surface area contributed by atoms with Gasteiger partial charge in [0.2, 0.25) is 0 Å². The van der Waals surface area contributed by atoms with Crippen LogP contribution >= 0.6 is 11.6 Å². The van der Waals surface area contributed by atoms with Crippen molar-refractivity contribution in [3.05, 3.63) is 67.2 Å². The van der Waals surface area contributed by atoms with Crippen LogP contribution in [0.5, 0.6) is 0 Å². The third kappa shape index (κ3) is 4.92. The smallest absolute Gasteiger partial charge is 0.338 e. The summed E-state index contributed by atoms with van der Waals surface area (Å²) in [5, 5.41) is 27.0. The van der Waals surface area contributed by atoms with Crippen LogP contribution in [0.4, 0.5) is 22.7 Å². The number of amides is 1. The first-order valence-corrected chi connectivity index (χ1v) is 7.98. The SMILES string of the molecule is CNc1ccc(C(=O)OCC(=O)Nc2ccc(Cl)cc2[N+](=O)[O-])cc1[N+](=O)[O-]. The molecule has 0 saturated heterocycles. The fourth-order valence-corrected chi connectivity index (χ4v) is 2.35. The van der Waals surface area contributed by atoms with Gasteiger partial charge in [0.1, 0.15) is 11.4 Å². The summed E-state index contributed by atoms with van der Waals surface area (Å²) in [6.07, 6.45) is 0. The van der Waals surface area contributed by atoms with Gasteiger partial charge >= 0.3 is 5.97 Å². The van der Waals surface area contributed by atoms with Gasteiger partial charge in [-0.3, -0.25) is 25.0 Å². The van der Waals surface area contributed by atoms with E-state index in [1.54, 1.807) is 0 Å². The number of rotatable bonds is 7. The third-order valence-electron chi connectivity index (χ3n) is 3.46. The molecule has 0 saturated carbocycles. The monoisotopic (exact) mass is 408 g/mol. The highest BCUT2D eigenvalue weighted by Gasteiger charge is 2.20. The van der Waals surface area contributed by atoms with Crippen molar-refractivity contribution in [1.82, 2.24) is 0 Å². The molecule has 11 nitrogen and oxygen atoms in total. The number of nitrogens with zero attached hydrogens (tertiary/aromatic N) is 2. The number of ether oxygens (including phenoxy) is 1. The Labute approximate surface area is 162 Å². The van der Waals surface area contributed by atoms with Crippen molar-refractivity contribution in [3.63, 3.8) is 0 Å². The molecule has 0 atom stereocenters. The Kier molecular flexibility index (Phi) is 6.45. The number of halogens is 1. The lowest BCUT2D eigenvalue weighted by atomic mass is 10.1. The summed E-state index contributed by atoms with van der Waals surface area (Å²) in [5.41, 5.74) is -0.807. The molecule has 0 unspecified atom stereocenters. The molecule has 2 rings (SSSR count). The average molecular weight is 409 g/mol. The van der Waals surface area contributed by atoms with E-state index in [-0.39, 0.29) is 27.6 Å². The first-order valence-electron chi connectivity index (χ1n) is 7.60. The Morgan fingerprint density at radius 1 is 1.04 bits per heavy atom. The molecule has 0 fully saturated rings. The predicted molar refractivity (Wildman–Crippen MR) is 99.7 cm³/mol. The summed E-state index contributed by atoms with van der Waals surface area (Å²) in [5.74, 6) is -1.80. The Morgan fingerprint density at radius 3 is 2.25 bits per heavy atom. The van der Waals surface area contributed by atoms with Crippen molar-refractivity contribution in [1.29, 1.82) is 0 Å². The number of hydrogen-bond donors (Lipinski definition) is 2. The van der Waals surface area contributed by atoms with E-state index < -0.39 is 34.0 Å². The number of nitro groups is 2. The number of nitro benzene ring substituents is 2. The largest absolute Gasteiger partial charge is 0.452 e. The standard InChI is InChI=1S/C16H13ClN4O7/c1-18-11-4-2-9(6-13(11)20(24)25)16(23)28-8-15(22)19-12-5-3-10(17)7-14(12)21(26)27/h2-7,18H,8H2,1H3,(H,19,22). The maximum atomic E-state index is 12.0. The van der Waals surface area contributed by atoms with Crippen LogP contribution in [-0.4, -0.2) is 35.4 Å². The Balaban J connectivity index is 2.05. The number of anilines is 2. The summed E-state index contributed by atoms with van der Waals surface area (Å²) >= 11 is 5.69. The van der Waals surface area contributed by atoms with Crippen molar-refractivity contribution in [2.45, 2.75) is 0 Å². The molecule has 0 aromatic heterocycles. The molecule has 0 aliphatic heterocycles. The number of esters is 1. The lowest BCUT2D eigenvalue weighted by Crippen LogP contribution is -2.21. The number of hydrogen-bond acceptors (Lipinski definition) is 8. The van der Waals surface area contributed by atoms with E-state index in [0.29, 0.717) is 0 Å². The maximum Gasteiger partial charge on any atom is 0.338 e. The van der Waals surface area contributed by atoms with Crippen LogP contribution in [0.1, 0.15) is 10.4 Å². The third-order valence-corrected chi connectivity index (χ3v) is 3.70. The molecule has 0 radical (unpaired) electrons. The van der Waals surface area contributed by atoms with Gasteiger partial charge in [-0.25, -0.2) is 4.79 Å². The summed E-state index contributed by atoms with van der Waals surface area (Å²) < 4.78 is 4.80. The number of benzene rings is 2. The Hall–Kier alpha value is -3.73. The summed E-state index contributed by atoms with van der Waals surface area (Å²) in [6, 6.07) is 7.27. The van der Waals surface area contributed by atoms with Gasteiger partial charge in [-0.1, -0.05) is 11.6 Å². The molecule has 2 aromatic carbocycles. The normalized spacial score (nSPS) is 10.1.